The van der Waals surface area contributed by atoms with Crippen molar-refractivity contribution < 1.29 is 5.11 Å². The van der Waals surface area contributed by atoms with E-state index in [9.17, 15) is 5.11 Å². The molecule has 1 rings (SSSR count). The maximum Gasteiger partial charge on any atom is 0.0767 e. The molecular weight excluding hydrogens is 224 g/mol. The highest BCUT2D eigenvalue weighted by atomic mass is 16.3. The highest BCUT2D eigenvalue weighted by Gasteiger charge is 2.36. The number of nitrogens with zero attached hydrogens (tertiary/aromatic N) is 1. The van der Waals surface area contributed by atoms with E-state index >= 15 is 0 Å². The Morgan fingerprint density at radius 3 is 2.22 bits per heavy atom. The fourth-order valence-electron chi connectivity index (χ4n) is 1.64. The minimum Gasteiger partial charge on any atom is -0.389 e. The largest absolute Gasteiger partial charge is 0.389 e. The van der Waals surface area contributed by atoms with Crippen LogP contribution in [0.5, 0.6) is 0 Å². The normalized spacial score (nSPS) is 14.0. The number of rotatable bonds is 5. The fourth-order valence-corrected chi connectivity index (χ4v) is 1.64. The van der Waals surface area contributed by atoms with E-state index in [4.69, 9.17) is 5.26 Å². The van der Waals surface area contributed by atoms with Gasteiger partial charge in [0.25, 0.3) is 0 Å². The third-order valence-electron chi connectivity index (χ3n) is 3.56. The first-order valence-corrected chi connectivity index (χ1v) is 6.20. The molecule has 3 heteroatoms. The SMILES string of the molecule is CC(C)(O)C(C)(C)NC(CC#N)c1ccccc1. The summed E-state index contributed by atoms with van der Waals surface area (Å²) in [5.41, 5.74) is -0.281. The number of hydrogen-bond acceptors (Lipinski definition) is 3. The van der Waals surface area contributed by atoms with Crippen molar-refractivity contribution in [2.24, 2.45) is 0 Å². The molecule has 1 aromatic rings. The smallest absolute Gasteiger partial charge is 0.0767 e. The third-order valence-corrected chi connectivity index (χ3v) is 3.56. The van der Waals surface area contributed by atoms with E-state index in [0.29, 0.717) is 6.42 Å². The van der Waals surface area contributed by atoms with Gasteiger partial charge in [0.15, 0.2) is 0 Å². The number of hydrogen-bond donors (Lipinski definition) is 2. The molecule has 0 aromatic heterocycles. The Morgan fingerprint density at radius 1 is 1.22 bits per heavy atom. The molecule has 0 aliphatic rings. The second-order valence-electron chi connectivity index (χ2n) is 5.65. The quantitative estimate of drug-likeness (QED) is 0.840. The lowest BCUT2D eigenvalue weighted by atomic mass is 9.84. The summed E-state index contributed by atoms with van der Waals surface area (Å²) in [4.78, 5) is 0. The van der Waals surface area contributed by atoms with Gasteiger partial charge in [-0.05, 0) is 33.3 Å². The van der Waals surface area contributed by atoms with Crippen LogP contribution in [0, 0.1) is 11.3 Å². The predicted octanol–water partition coefficient (Wildman–Crippen LogP) is 2.78. The van der Waals surface area contributed by atoms with Crippen LogP contribution in [-0.2, 0) is 0 Å². The Balaban J connectivity index is 2.93. The van der Waals surface area contributed by atoms with E-state index in [0.717, 1.165) is 5.56 Å². The molecule has 0 fully saturated rings. The van der Waals surface area contributed by atoms with Crippen LogP contribution < -0.4 is 5.32 Å². The first-order valence-electron chi connectivity index (χ1n) is 6.20. The zero-order valence-electron chi connectivity index (χ0n) is 11.6. The Labute approximate surface area is 109 Å². The topological polar surface area (TPSA) is 56.0 Å². The molecule has 0 spiro atoms. The van der Waals surface area contributed by atoms with E-state index in [-0.39, 0.29) is 6.04 Å². The highest BCUT2D eigenvalue weighted by Crippen LogP contribution is 2.26. The molecule has 1 unspecified atom stereocenters. The molecule has 1 atom stereocenters. The molecule has 0 aliphatic carbocycles. The van der Waals surface area contributed by atoms with Crippen molar-refractivity contribution in [2.45, 2.75) is 51.3 Å². The van der Waals surface area contributed by atoms with Crippen LogP contribution in [0.4, 0.5) is 0 Å². The Kier molecular flexibility index (Phi) is 4.50. The molecule has 0 amide bonds. The van der Waals surface area contributed by atoms with E-state index in [1.165, 1.54) is 0 Å². The maximum absolute atomic E-state index is 10.2. The fraction of sp³-hybridized carbons (Fsp3) is 0.533. The lowest BCUT2D eigenvalue weighted by Crippen LogP contribution is -2.56. The van der Waals surface area contributed by atoms with E-state index in [1.807, 2.05) is 44.2 Å². The summed E-state index contributed by atoms with van der Waals surface area (Å²) in [6, 6.07) is 12.0. The monoisotopic (exact) mass is 246 g/mol. The van der Waals surface area contributed by atoms with Gasteiger partial charge in [-0.3, -0.25) is 0 Å². The first kappa shape index (κ1) is 14.7. The molecule has 0 saturated heterocycles. The van der Waals surface area contributed by atoms with Gasteiger partial charge in [-0.2, -0.15) is 5.26 Å². The molecule has 0 radical (unpaired) electrons. The summed E-state index contributed by atoms with van der Waals surface area (Å²) in [6.07, 6.45) is 0.378. The van der Waals surface area contributed by atoms with Gasteiger partial charge in [-0.15, -0.1) is 0 Å². The number of nitrogens with one attached hydrogen (secondary N) is 1. The van der Waals surface area contributed by atoms with Crippen LogP contribution in [0.15, 0.2) is 30.3 Å². The first-order chi connectivity index (χ1) is 8.28. The van der Waals surface area contributed by atoms with Gasteiger partial charge >= 0.3 is 0 Å². The Morgan fingerprint density at radius 2 is 1.78 bits per heavy atom. The molecule has 0 bridgehead atoms. The average molecular weight is 246 g/mol. The lowest BCUT2D eigenvalue weighted by molar-refractivity contribution is -0.00998. The minimum atomic E-state index is -0.866. The Bertz CT molecular complexity index is 412. The van der Waals surface area contributed by atoms with Crippen molar-refractivity contribution in [3.05, 3.63) is 35.9 Å². The molecule has 0 saturated carbocycles. The van der Waals surface area contributed by atoms with Crippen LogP contribution in [-0.4, -0.2) is 16.2 Å². The molecule has 0 heterocycles. The van der Waals surface area contributed by atoms with Gasteiger partial charge < -0.3 is 10.4 Å². The van der Waals surface area contributed by atoms with Gasteiger partial charge in [0.05, 0.1) is 18.1 Å². The summed E-state index contributed by atoms with van der Waals surface area (Å²) in [5, 5.41) is 22.5. The van der Waals surface area contributed by atoms with Gasteiger partial charge in [-0.1, -0.05) is 30.3 Å². The summed E-state index contributed by atoms with van der Waals surface area (Å²) < 4.78 is 0. The van der Waals surface area contributed by atoms with Crippen LogP contribution >= 0.6 is 0 Å². The van der Waals surface area contributed by atoms with Gasteiger partial charge in [0, 0.05) is 11.6 Å². The van der Waals surface area contributed by atoms with E-state index < -0.39 is 11.1 Å². The molecular formula is C15H22N2O. The van der Waals surface area contributed by atoms with E-state index in [1.54, 1.807) is 13.8 Å². The zero-order chi connectivity index (χ0) is 13.8. The van der Waals surface area contributed by atoms with Crippen molar-refractivity contribution in [1.82, 2.24) is 5.32 Å². The maximum atomic E-state index is 10.2. The molecule has 18 heavy (non-hydrogen) atoms. The Hall–Kier alpha value is -1.37. The van der Waals surface area contributed by atoms with Gasteiger partial charge in [-0.25, -0.2) is 0 Å². The van der Waals surface area contributed by atoms with Gasteiger partial charge in [0.2, 0.25) is 0 Å². The highest BCUT2D eigenvalue weighted by molar-refractivity contribution is 5.21. The lowest BCUT2D eigenvalue weighted by Gasteiger charge is -2.40. The molecule has 98 valence electrons. The van der Waals surface area contributed by atoms with Crippen LogP contribution in [0.1, 0.15) is 45.7 Å². The van der Waals surface area contributed by atoms with Crippen molar-refractivity contribution >= 4 is 0 Å². The number of nitriles is 1. The summed E-state index contributed by atoms with van der Waals surface area (Å²) >= 11 is 0. The van der Waals surface area contributed by atoms with Crippen LogP contribution in [0.2, 0.25) is 0 Å². The van der Waals surface area contributed by atoms with Crippen molar-refractivity contribution in [1.29, 1.82) is 5.26 Å². The summed E-state index contributed by atoms with van der Waals surface area (Å²) in [5.74, 6) is 0. The summed E-state index contributed by atoms with van der Waals surface area (Å²) in [7, 11) is 0. The second kappa shape index (κ2) is 5.51. The standard InChI is InChI=1S/C15H22N2O/c1-14(2,15(3,4)18)17-13(10-11-16)12-8-6-5-7-9-12/h5-9,13,17-18H,10H2,1-4H3. The third kappa shape index (κ3) is 3.56. The minimum absolute atomic E-state index is 0.0716. The number of benzene rings is 1. The molecule has 3 nitrogen and oxygen atoms in total. The second-order valence-corrected chi connectivity index (χ2v) is 5.65. The predicted molar refractivity (Wildman–Crippen MR) is 72.9 cm³/mol. The van der Waals surface area contributed by atoms with Crippen molar-refractivity contribution in [3.63, 3.8) is 0 Å². The van der Waals surface area contributed by atoms with Crippen molar-refractivity contribution in [2.75, 3.05) is 0 Å². The van der Waals surface area contributed by atoms with Crippen LogP contribution in [0.3, 0.4) is 0 Å². The zero-order valence-corrected chi connectivity index (χ0v) is 11.6. The van der Waals surface area contributed by atoms with Crippen molar-refractivity contribution in [3.8, 4) is 6.07 Å². The molecule has 1 aromatic carbocycles. The van der Waals surface area contributed by atoms with Crippen LogP contribution in [0.25, 0.3) is 0 Å². The molecule has 2 N–H and O–H groups in total. The number of aliphatic hydroxyl groups is 1. The van der Waals surface area contributed by atoms with Gasteiger partial charge in [0.1, 0.15) is 0 Å². The average Bonchev–Trinajstić information content (AvgIpc) is 2.28. The molecule has 0 aliphatic heterocycles. The van der Waals surface area contributed by atoms with E-state index in [2.05, 4.69) is 11.4 Å². The summed E-state index contributed by atoms with van der Waals surface area (Å²) in [6.45, 7) is 7.43.